The van der Waals surface area contributed by atoms with E-state index in [9.17, 15) is 30.0 Å². The van der Waals surface area contributed by atoms with Crippen molar-refractivity contribution in [1.29, 1.82) is 0 Å². The molecule has 0 radical (unpaired) electrons. The normalized spacial score (nSPS) is 14.3. The van der Waals surface area contributed by atoms with Crippen molar-refractivity contribution < 1.29 is 30.0 Å². The van der Waals surface area contributed by atoms with Crippen LogP contribution in [0.3, 0.4) is 0 Å². The third-order valence-electron chi connectivity index (χ3n) is 11.4. The first-order chi connectivity index (χ1) is 28.0. The van der Waals surface area contributed by atoms with Crippen LogP contribution in [0.5, 0.6) is 0 Å². The van der Waals surface area contributed by atoms with E-state index in [0.717, 1.165) is 77.5 Å². The molecule has 0 aliphatic carbocycles. The summed E-state index contributed by atoms with van der Waals surface area (Å²) in [5.41, 5.74) is 0. The standard InChI is InChI=1S/C50H96N2O6/c1-45(35-31-27-23-19-15-11-7-5-9-13-17-21-25-29-33-37-49(55)56)41-51(39-40-52(43-47(3)53)44-48(4)54)42-46(2)36-32-28-24-20-16-12-8-6-10-14-18-22-26-30-34-38-50(57)58/h5-6,9-10,45-48,53-54H,7-8,11-44H2,1-4H3,(H,55,56)(H,57,58)/p-2/b9-5-,10-6-. The summed E-state index contributed by atoms with van der Waals surface area (Å²) in [7, 11) is 0. The van der Waals surface area contributed by atoms with Crippen LogP contribution in [-0.2, 0) is 9.59 Å². The Kier molecular flexibility index (Phi) is 40.7. The molecule has 0 fully saturated rings. The fourth-order valence-corrected chi connectivity index (χ4v) is 8.13. The van der Waals surface area contributed by atoms with Crippen LogP contribution in [0.4, 0.5) is 0 Å². The lowest BCUT2D eigenvalue weighted by atomic mass is 9.98. The van der Waals surface area contributed by atoms with Gasteiger partial charge >= 0.3 is 0 Å². The highest BCUT2D eigenvalue weighted by Gasteiger charge is 2.17. The van der Waals surface area contributed by atoms with Gasteiger partial charge in [-0.1, -0.05) is 141 Å². The van der Waals surface area contributed by atoms with Crippen LogP contribution >= 0.6 is 0 Å². The molecule has 8 heteroatoms. The third kappa shape index (κ3) is 43.8. The van der Waals surface area contributed by atoms with Gasteiger partial charge in [0, 0.05) is 51.2 Å². The molecule has 0 heterocycles. The fourth-order valence-electron chi connectivity index (χ4n) is 8.13. The molecule has 8 nitrogen and oxygen atoms in total. The highest BCUT2D eigenvalue weighted by atomic mass is 16.4. The van der Waals surface area contributed by atoms with E-state index < -0.39 is 24.1 Å². The number of carbonyl (C=O) groups is 2. The highest BCUT2D eigenvalue weighted by Crippen LogP contribution is 2.18. The van der Waals surface area contributed by atoms with Crippen molar-refractivity contribution in [3.63, 3.8) is 0 Å². The molecule has 0 bridgehead atoms. The molecule has 0 aromatic heterocycles. The van der Waals surface area contributed by atoms with Crippen LogP contribution in [0, 0.1) is 11.8 Å². The minimum atomic E-state index is -0.928. The Balaban J connectivity index is 4.29. The van der Waals surface area contributed by atoms with Crippen molar-refractivity contribution in [3.05, 3.63) is 24.3 Å². The van der Waals surface area contributed by atoms with Crippen molar-refractivity contribution in [1.82, 2.24) is 9.80 Å². The van der Waals surface area contributed by atoms with Crippen LogP contribution in [-0.4, -0.2) is 83.4 Å². The number of aliphatic hydroxyl groups is 2. The molecule has 4 unspecified atom stereocenters. The van der Waals surface area contributed by atoms with Crippen LogP contribution < -0.4 is 10.2 Å². The second-order valence-electron chi connectivity index (χ2n) is 18.1. The molecule has 0 amide bonds. The van der Waals surface area contributed by atoms with Gasteiger partial charge in [0.1, 0.15) is 0 Å². The van der Waals surface area contributed by atoms with Crippen molar-refractivity contribution in [2.45, 2.75) is 233 Å². The lowest BCUT2D eigenvalue weighted by Crippen LogP contribution is -2.43. The zero-order chi connectivity index (χ0) is 42.9. The summed E-state index contributed by atoms with van der Waals surface area (Å²) in [5, 5.41) is 41.1. The summed E-state index contributed by atoms with van der Waals surface area (Å²) in [5.74, 6) is -0.529. The van der Waals surface area contributed by atoms with E-state index in [1.54, 1.807) is 0 Å². The van der Waals surface area contributed by atoms with Crippen molar-refractivity contribution >= 4 is 11.9 Å². The number of aliphatic hydroxyl groups excluding tert-OH is 2. The van der Waals surface area contributed by atoms with E-state index in [2.05, 4.69) is 48.0 Å². The summed E-state index contributed by atoms with van der Waals surface area (Å²) in [6, 6.07) is 0. The number of hydrogen-bond donors (Lipinski definition) is 2. The van der Waals surface area contributed by atoms with E-state index in [1.165, 1.54) is 128 Å². The Morgan fingerprint density at radius 3 is 0.966 bits per heavy atom. The number of carboxylic acids is 2. The molecular weight excluding hydrogens is 725 g/mol. The molecule has 0 saturated heterocycles. The Labute approximate surface area is 358 Å². The minimum Gasteiger partial charge on any atom is -0.550 e. The van der Waals surface area contributed by atoms with Gasteiger partial charge in [-0.15, -0.1) is 0 Å². The quantitative estimate of drug-likeness (QED) is 0.0460. The molecule has 0 aromatic carbocycles. The molecule has 0 aliphatic rings. The number of aliphatic carboxylic acids is 2. The average molecular weight is 819 g/mol. The number of allylic oxidation sites excluding steroid dienone is 4. The minimum absolute atomic E-state index is 0.197. The van der Waals surface area contributed by atoms with Gasteiger partial charge in [-0.3, -0.25) is 4.90 Å². The maximum atomic E-state index is 10.5. The van der Waals surface area contributed by atoms with Gasteiger partial charge in [0.25, 0.3) is 0 Å². The molecule has 0 rings (SSSR count). The van der Waals surface area contributed by atoms with Crippen molar-refractivity contribution in [2.75, 3.05) is 39.3 Å². The SMILES string of the molecule is CC(O)CN(CCN(CC(C)CCCCCCCC/C=C\CCCCCCCC(=O)[O-])CC(C)CCCCCCCC/C=C\CCCCCCCC(=O)[O-])CC(C)O. The van der Waals surface area contributed by atoms with Crippen LogP contribution in [0.2, 0.25) is 0 Å². The van der Waals surface area contributed by atoms with Gasteiger partial charge in [-0.2, -0.15) is 0 Å². The van der Waals surface area contributed by atoms with E-state index in [1.807, 2.05) is 13.8 Å². The number of nitrogens with zero attached hydrogens (tertiary/aromatic N) is 2. The van der Waals surface area contributed by atoms with Gasteiger partial charge in [0.05, 0.1) is 12.2 Å². The van der Waals surface area contributed by atoms with Gasteiger partial charge in [-0.05, 0) is 116 Å². The molecule has 0 spiro atoms. The van der Waals surface area contributed by atoms with E-state index >= 15 is 0 Å². The van der Waals surface area contributed by atoms with Crippen molar-refractivity contribution in [3.8, 4) is 0 Å². The van der Waals surface area contributed by atoms with E-state index in [4.69, 9.17) is 0 Å². The second kappa shape index (κ2) is 42.0. The predicted octanol–water partition coefficient (Wildman–Crippen LogP) is 9.94. The highest BCUT2D eigenvalue weighted by molar-refractivity contribution is 5.64. The van der Waals surface area contributed by atoms with Crippen LogP contribution in [0.25, 0.3) is 0 Å². The molecule has 4 atom stereocenters. The Morgan fingerprint density at radius 1 is 0.414 bits per heavy atom. The van der Waals surface area contributed by atoms with Gasteiger partial charge in [-0.25, -0.2) is 0 Å². The second-order valence-corrected chi connectivity index (χ2v) is 18.1. The topological polar surface area (TPSA) is 127 Å². The van der Waals surface area contributed by atoms with Gasteiger partial charge < -0.3 is 34.9 Å². The Morgan fingerprint density at radius 2 is 0.672 bits per heavy atom. The number of hydrogen-bond acceptors (Lipinski definition) is 8. The smallest absolute Gasteiger partial charge is 0.0639 e. The summed E-state index contributed by atoms with van der Waals surface area (Å²) in [4.78, 5) is 25.8. The Bertz CT molecular complexity index is 898. The molecule has 0 aromatic rings. The summed E-state index contributed by atoms with van der Waals surface area (Å²) >= 11 is 0. The number of unbranched alkanes of at least 4 members (excludes halogenated alkanes) is 22. The molecule has 58 heavy (non-hydrogen) atoms. The third-order valence-corrected chi connectivity index (χ3v) is 11.4. The zero-order valence-electron chi connectivity index (χ0n) is 38.5. The average Bonchev–Trinajstić information content (AvgIpc) is 3.15. The number of carbonyl (C=O) groups excluding carboxylic acids is 2. The zero-order valence-corrected chi connectivity index (χ0v) is 38.5. The molecule has 0 saturated carbocycles. The monoisotopic (exact) mass is 819 g/mol. The maximum Gasteiger partial charge on any atom is 0.0639 e. The first-order valence-corrected chi connectivity index (χ1v) is 24.5. The summed E-state index contributed by atoms with van der Waals surface area (Å²) in [6.07, 6.45) is 42.5. The maximum absolute atomic E-state index is 10.5. The number of carboxylic acid groups (broad SMARTS) is 2. The fraction of sp³-hybridized carbons (Fsp3) is 0.880. The van der Waals surface area contributed by atoms with E-state index in [0.29, 0.717) is 24.9 Å². The first-order valence-electron chi connectivity index (χ1n) is 24.5. The molecule has 0 aliphatic heterocycles. The Hall–Kier alpha value is -1.74. The molecule has 342 valence electrons. The summed E-state index contributed by atoms with van der Waals surface area (Å²) in [6.45, 7) is 13.8. The first kappa shape index (κ1) is 56.3. The summed E-state index contributed by atoms with van der Waals surface area (Å²) < 4.78 is 0. The van der Waals surface area contributed by atoms with E-state index in [-0.39, 0.29) is 12.8 Å². The van der Waals surface area contributed by atoms with Crippen LogP contribution in [0.1, 0.15) is 220 Å². The van der Waals surface area contributed by atoms with Crippen LogP contribution in [0.15, 0.2) is 24.3 Å². The molecular formula is C50H94N2O6-2. The number of rotatable bonds is 45. The predicted molar refractivity (Wildman–Crippen MR) is 241 cm³/mol. The largest absolute Gasteiger partial charge is 0.550 e. The molecule has 2 N–H and O–H groups in total. The van der Waals surface area contributed by atoms with Gasteiger partial charge in [0.15, 0.2) is 0 Å². The lowest BCUT2D eigenvalue weighted by molar-refractivity contribution is -0.307. The van der Waals surface area contributed by atoms with Crippen molar-refractivity contribution in [2.24, 2.45) is 11.8 Å². The lowest BCUT2D eigenvalue weighted by Gasteiger charge is -2.32. The van der Waals surface area contributed by atoms with Gasteiger partial charge in [0.2, 0.25) is 0 Å².